The van der Waals surface area contributed by atoms with Crippen LogP contribution in [0.4, 0.5) is 21.5 Å². The van der Waals surface area contributed by atoms with Gasteiger partial charge in [0.2, 0.25) is 0 Å². The van der Waals surface area contributed by atoms with Crippen molar-refractivity contribution >= 4 is 38.7 Å². The van der Waals surface area contributed by atoms with Crippen molar-refractivity contribution < 1.29 is 14.8 Å². The largest absolute Gasteiger partial charge is 0.291 e. The highest BCUT2D eigenvalue weighted by Gasteiger charge is 2.13. The minimum absolute atomic E-state index is 0.00773. The first-order valence-corrected chi connectivity index (χ1v) is 6.77. The molecule has 0 aliphatic heterocycles. The number of hydrogen-bond donors (Lipinski definition) is 4. The van der Waals surface area contributed by atoms with Crippen molar-refractivity contribution in [1.82, 2.24) is 0 Å². The molecule has 0 heterocycles. The minimum Gasteiger partial charge on any atom is -0.291 e. The summed E-state index contributed by atoms with van der Waals surface area (Å²) in [7, 11) is 0. The second kappa shape index (κ2) is 7.00. The summed E-state index contributed by atoms with van der Waals surface area (Å²) >= 11 is 3.22. The fourth-order valence-electron chi connectivity index (χ4n) is 1.74. The molecule has 0 spiro atoms. The molecule has 0 fully saturated rings. The summed E-state index contributed by atoms with van der Waals surface area (Å²) in [5, 5.41) is 27.4. The van der Waals surface area contributed by atoms with Crippen molar-refractivity contribution in [2.75, 3.05) is 11.0 Å². The van der Waals surface area contributed by atoms with Gasteiger partial charge in [0.25, 0.3) is 0 Å². The highest BCUT2D eigenvalue weighted by atomic mass is 79.9. The van der Waals surface area contributed by atoms with Gasteiger partial charge in [-0.3, -0.25) is 21.4 Å². The molecule has 0 amide bonds. The highest BCUT2D eigenvalue weighted by Crippen LogP contribution is 2.30. The molecule has 2 aromatic rings. The molecule has 6 nitrogen and oxygen atoms in total. The van der Waals surface area contributed by atoms with Crippen LogP contribution in [0.3, 0.4) is 0 Å². The van der Waals surface area contributed by atoms with Crippen LogP contribution in [0, 0.1) is 17.1 Å². The van der Waals surface area contributed by atoms with E-state index in [2.05, 4.69) is 20.9 Å². The standard InChI is InChI=1S/C14H10BrFN4O2/c15-11-5-10(12(19-21)6-13(11)20-22)14(7-17)18-9-3-1-8(16)2-4-9/h1-6,19-22H. The Morgan fingerprint density at radius 2 is 1.77 bits per heavy atom. The maximum absolute atomic E-state index is 12.9. The molecule has 0 saturated heterocycles. The van der Waals surface area contributed by atoms with E-state index in [9.17, 15) is 14.9 Å². The molecule has 0 aliphatic carbocycles. The summed E-state index contributed by atoms with van der Waals surface area (Å²) in [6.45, 7) is 0. The van der Waals surface area contributed by atoms with Gasteiger partial charge in [0.05, 0.1) is 17.1 Å². The number of anilines is 2. The second-order valence-electron chi connectivity index (χ2n) is 4.15. The number of benzene rings is 2. The molecule has 0 saturated carbocycles. The number of nitrogens with one attached hydrogen (secondary N) is 2. The summed E-state index contributed by atoms with van der Waals surface area (Å²) in [5.74, 6) is -0.406. The number of rotatable bonds is 4. The highest BCUT2D eigenvalue weighted by molar-refractivity contribution is 9.10. The van der Waals surface area contributed by atoms with E-state index < -0.39 is 5.82 Å². The van der Waals surface area contributed by atoms with Gasteiger partial charge in [-0.1, -0.05) is 0 Å². The van der Waals surface area contributed by atoms with Crippen LogP contribution < -0.4 is 11.0 Å². The van der Waals surface area contributed by atoms with Gasteiger partial charge in [0.1, 0.15) is 11.9 Å². The van der Waals surface area contributed by atoms with Gasteiger partial charge in [0, 0.05) is 10.0 Å². The van der Waals surface area contributed by atoms with E-state index in [0.29, 0.717) is 21.4 Å². The minimum atomic E-state index is -0.406. The zero-order chi connectivity index (χ0) is 16.1. The summed E-state index contributed by atoms with van der Waals surface area (Å²) in [6, 6.07) is 10.1. The molecular formula is C14H10BrFN4O2. The van der Waals surface area contributed by atoms with Crippen LogP contribution in [-0.4, -0.2) is 16.1 Å². The zero-order valence-electron chi connectivity index (χ0n) is 11.0. The van der Waals surface area contributed by atoms with Crippen molar-refractivity contribution in [3.63, 3.8) is 0 Å². The Kier molecular flexibility index (Phi) is 5.06. The average molecular weight is 365 g/mol. The Morgan fingerprint density at radius 1 is 1.14 bits per heavy atom. The van der Waals surface area contributed by atoms with E-state index in [0.717, 1.165) is 0 Å². The van der Waals surface area contributed by atoms with Gasteiger partial charge in [-0.2, -0.15) is 5.26 Å². The van der Waals surface area contributed by atoms with Crippen LogP contribution in [-0.2, 0) is 0 Å². The Morgan fingerprint density at radius 3 is 2.32 bits per heavy atom. The average Bonchev–Trinajstić information content (AvgIpc) is 2.54. The van der Waals surface area contributed by atoms with Crippen molar-refractivity contribution in [2.45, 2.75) is 0 Å². The van der Waals surface area contributed by atoms with Crippen molar-refractivity contribution in [1.29, 1.82) is 5.26 Å². The maximum Gasteiger partial charge on any atom is 0.150 e. The topological polar surface area (TPSA) is 101 Å². The number of aliphatic imine (C=N–C) groups is 1. The van der Waals surface area contributed by atoms with Crippen LogP contribution in [0.15, 0.2) is 45.9 Å². The predicted octanol–water partition coefficient (Wildman–Crippen LogP) is 3.83. The fourth-order valence-corrected chi connectivity index (χ4v) is 2.17. The molecular weight excluding hydrogens is 355 g/mol. The molecule has 22 heavy (non-hydrogen) atoms. The van der Waals surface area contributed by atoms with Gasteiger partial charge in [0.15, 0.2) is 5.71 Å². The normalized spacial score (nSPS) is 11.0. The summed E-state index contributed by atoms with van der Waals surface area (Å²) in [5.41, 5.74) is 5.06. The predicted molar refractivity (Wildman–Crippen MR) is 83.2 cm³/mol. The van der Waals surface area contributed by atoms with Crippen LogP contribution in [0.1, 0.15) is 5.56 Å². The van der Waals surface area contributed by atoms with E-state index >= 15 is 0 Å². The lowest BCUT2D eigenvalue weighted by Crippen LogP contribution is -2.05. The first-order valence-electron chi connectivity index (χ1n) is 5.97. The lowest BCUT2D eigenvalue weighted by molar-refractivity contribution is 0.385. The van der Waals surface area contributed by atoms with Gasteiger partial charge in [-0.05, 0) is 52.3 Å². The smallest absolute Gasteiger partial charge is 0.150 e. The Bertz CT molecular complexity index is 757. The summed E-state index contributed by atoms with van der Waals surface area (Å²) in [4.78, 5) is 4.13. The van der Waals surface area contributed by atoms with Gasteiger partial charge >= 0.3 is 0 Å². The molecule has 8 heteroatoms. The van der Waals surface area contributed by atoms with E-state index in [-0.39, 0.29) is 11.4 Å². The van der Waals surface area contributed by atoms with Crippen molar-refractivity contribution in [2.24, 2.45) is 4.99 Å². The second-order valence-corrected chi connectivity index (χ2v) is 5.00. The molecule has 112 valence electrons. The van der Waals surface area contributed by atoms with E-state index in [1.807, 2.05) is 17.0 Å². The third-order valence-electron chi connectivity index (χ3n) is 2.78. The quantitative estimate of drug-likeness (QED) is 0.487. The van der Waals surface area contributed by atoms with E-state index in [4.69, 9.17) is 5.21 Å². The molecule has 0 aliphatic rings. The number of nitriles is 1. The number of halogens is 2. The maximum atomic E-state index is 12.9. The lowest BCUT2D eigenvalue weighted by Gasteiger charge is -2.11. The van der Waals surface area contributed by atoms with Gasteiger partial charge in [-0.25, -0.2) is 9.38 Å². The Hall–Kier alpha value is -2.47. The monoisotopic (exact) mass is 364 g/mol. The molecule has 2 rings (SSSR count). The van der Waals surface area contributed by atoms with Crippen molar-refractivity contribution in [3.05, 3.63) is 52.3 Å². The molecule has 0 aromatic heterocycles. The third-order valence-corrected chi connectivity index (χ3v) is 3.43. The zero-order valence-corrected chi connectivity index (χ0v) is 12.6. The summed E-state index contributed by atoms with van der Waals surface area (Å²) < 4.78 is 13.4. The van der Waals surface area contributed by atoms with Crippen molar-refractivity contribution in [3.8, 4) is 6.07 Å². The lowest BCUT2D eigenvalue weighted by atomic mass is 10.1. The molecule has 0 bridgehead atoms. The molecule has 0 radical (unpaired) electrons. The van der Waals surface area contributed by atoms with E-state index in [1.54, 1.807) is 0 Å². The van der Waals surface area contributed by atoms with E-state index in [1.165, 1.54) is 36.4 Å². The third kappa shape index (κ3) is 3.40. The van der Waals surface area contributed by atoms with Gasteiger partial charge in [-0.15, -0.1) is 0 Å². The fraction of sp³-hybridized carbons (Fsp3) is 0. The first kappa shape index (κ1) is 15.9. The first-order chi connectivity index (χ1) is 10.6. The van der Waals surface area contributed by atoms with Gasteiger partial charge < -0.3 is 0 Å². The number of hydrogen-bond acceptors (Lipinski definition) is 6. The molecule has 4 N–H and O–H groups in total. The SMILES string of the molecule is N#CC(=Nc1ccc(F)cc1)c1cc(Br)c(NO)cc1NO. The molecule has 0 unspecified atom stereocenters. The molecule has 0 atom stereocenters. The van der Waals surface area contributed by atoms with Crippen LogP contribution in [0.2, 0.25) is 0 Å². The Balaban J connectivity index is 2.54. The molecule has 2 aromatic carbocycles. The van der Waals surface area contributed by atoms with Crippen LogP contribution >= 0.6 is 15.9 Å². The number of nitrogens with zero attached hydrogens (tertiary/aromatic N) is 2. The summed E-state index contributed by atoms with van der Waals surface area (Å²) in [6.07, 6.45) is 0. The Labute approximate surface area is 133 Å². The van der Waals surface area contributed by atoms with Crippen LogP contribution in [0.5, 0.6) is 0 Å². The van der Waals surface area contributed by atoms with Crippen LogP contribution in [0.25, 0.3) is 0 Å².